The quantitative estimate of drug-likeness (QED) is 0.733. The molecule has 4 unspecified atom stereocenters. The Hall–Kier alpha value is -2.00. The Kier molecular flexibility index (Phi) is 7.82. The zero-order chi connectivity index (χ0) is 21.7. The molecule has 0 radical (unpaired) electrons. The highest BCUT2D eigenvalue weighted by Crippen LogP contribution is 2.15. The number of ether oxygens (including phenoxy) is 2. The first kappa shape index (κ1) is 22.7. The van der Waals surface area contributed by atoms with Crippen LogP contribution in [0.15, 0.2) is 24.3 Å². The van der Waals surface area contributed by atoms with Crippen molar-refractivity contribution in [2.24, 2.45) is 0 Å². The number of nitrogens with one attached hydrogen (secondary N) is 2. The van der Waals surface area contributed by atoms with E-state index in [2.05, 4.69) is 20.4 Å². The van der Waals surface area contributed by atoms with Crippen molar-refractivity contribution < 1.29 is 19.1 Å². The number of amides is 2. The van der Waals surface area contributed by atoms with E-state index in [9.17, 15) is 9.59 Å². The van der Waals surface area contributed by atoms with Gasteiger partial charge in [-0.3, -0.25) is 19.4 Å². The van der Waals surface area contributed by atoms with Gasteiger partial charge in [0.1, 0.15) is 0 Å². The number of nitrogens with zero attached hydrogens (tertiary/aromatic N) is 2. The fourth-order valence-electron chi connectivity index (χ4n) is 4.27. The molecule has 1 aromatic rings. The molecule has 0 aromatic heterocycles. The molecule has 2 saturated heterocycles. The van der Waals surface area contributed by atoms with Gasteiger partial charge in [0.25, 0.3) is 0 Å². The molecule has 166 valence electrons. The van der Waals surface area contributed by atoms with Gasteiger partial charge in [-0.15, -0.1) is 0 Å². The predicted octanol–water partition coefficient (Wildman–Crippen LogP) is 1.78. The molecule has 0 saturated carbocycles. The van der Waals surface area contributed by atoms with Gasteiger partial charge in [0.15, 0.2) is 0 Å². The van der Waals surface area contributed by atoms with Crippen LogP contribution in [0.2, 0.25) is 0 Å². The monoisotopic (exact) mass is 418 g/mol. The molecule has 2 N–H and O–H groups in total. The summed E-state index contributed by atoms with van der Waals surface area (Å²) in [7, 11) is 0. The lowest BCUT2D eigenvalue weighted by Crippen LogP contribution is -2.48. The summed E-state index contributed by atoms with van der Waals surface area (Å²) in [6.07, 6.45) is 0.531. The summed E-state index contributed by atoms with van der Waals surface area (Å²) in [4.78, 5) is 28.9. The van der Waals surface area contributed by atoms with Gasteiger partial charge in [0, 0.05) is 37.6 Å². The van der Waals surface area contributed by atoms with Crippen LogP contribution in [0.1, 0.15) is 27.7 Å². The van der Waals surface area contributed by atoms with Gasteiger partial charge < -0.3 is 20.1 Å². The number of carbonyl (C=O) groups excluding carboxylic acids is 2. The molecule has 2 heterocycles. The van der Waals surface area contributed by atoms with Crippen molar-refractivity contribution >= 4 is 23.2 Å². The topological polar surface area (TPSA) is 83.1 Å². The first-order valence-electron chi connectivity index (χ1n) is 10.7. The second kappa shape index (κ2) is 10.3. The average molecular weight is 419 g/mol. The maximum absolute atomic E-state index is 12.4. The van der Waals surface area contributed by atoms with Crippen molar-refractivity contribution in [2.75, 3.05) is 49.9 Å². The van der Waals surface area contributed by atoms with Crippen LogP contribution in [-0.2, 0) is 19.1 Å². The number of morpholine rings is 2. The summed E-state index contributed by atoms with van der Waals surface area (Å²) >= 11 is 0. The second-order valence-electron chi connectivity index (χ2n) is 8.58. The largest absolute Gasteiger partial charge is 0.373 e. The highest BCUT2D eigenvalue weighted by molar-refractivity contribution is 5.94. The van der Waals surface area contributed by atoms with Crippen LogP contribution in [0.5, 0.6) is 0 Å². The van der Waals surface area contributed by atoms with Gasteiger partial charge >= 0.3 is 0 Å². The highest BCUT2D eigenvalue weighted by Gasteiger charge is 2.24. The van der Waals surface area contributed by atoms with E-state index < -0.39 is 0 Å². The molecule has 4 atom stereocenters. The van der Waals surface area contributed by atoms with E-state index in [4.69, 9.17) is 9.47 Å². The van der Waals surface area contributed by atoms with Crippen LogP contribution in [-0.4, -0.2) is 85.3 Å². The third-order valence-corrected chi connectivity index (χ3v) is 5.18. The van der Waals surface area contributed by atoms with Crippen molar-refractivity contribution in [3.8, 4) is 0 Å². The molecule has 8 heteroatoms. The predicted molar refractivity (Wildman–Crippen MR) is 117 cm³/mol. The number of benzene rings is 1. The summed E-state index contributed by atoms with van der Waals surface area (Å²) in [5, 5.41) is 5.84. The fraction of sp³-hybridized carbons (Fsp3) is 0.636. The maximum Gasteiger partial charge on any atom is 0.238 e. The molecular formula is C22H34N4O4. The lowest BCUT2D eigenvalue weighted by Gasteiger charge is -2.34. The van der Waals surface area contributed by atoms with E-state index in [0.717, 1.165) is 26.2 Å². The molecule has 0 aliphatic carbocycles. The van der Waals surface area contributed by atoms with Gasteiger partial charge in [-0.05, 0) is 52.0 Å². The minimum absolute atomic E-state index is 0.0522. The van der Waals surface area contributed by atoms with E-state index in [1.807, 2.05) is 27.7 Å². The first-order chi connectivity index (χ1) is 14.3. The minimum Gasteiger partial charge on any atom is -0.373 e. The summed E-state index contributed by atoms with van der Waals surface area (Å²) in [5.41, 5.74) is 1.42. The van der Waals surface area contributed by atoms with Crippen molar-refractivity contribution in [3.63, 3.8) is 0 Å². The molecule has 2 fully saturated rings. The van der Waals surface area contributed by atoms with Crippen molar-refractivity contribution in [1.82, 2.24) is 9.80 Å². The fourth-order valence-corrected chi connectivity index (χ4v) is 4.27. The molecule has 2 amide bonds. The second-order valence-corrected chi connectivity index (χ2v) is 8.58. The molecule has 2 aliphatic heterocycles. The first-order valence-corrected chi connectivity index (χ1v) is 10.7. The Balaban J connectivity index is 1.44. The lowest BCUT2D eigenvalue weighted by molar-refractivity contribution is -0.122. The number of carbonyl (C=O) groups is 2. The lowest BCUT2D eigenvalue weighted by atomic mass is 10.2. The van der Waals surface area contributed by atoms with Crippen molar-refractivity contribution in [1.29, 1.82) is 0 Å². The summed E-state index contributed by atoms with van der Waals surface area (Å²) in [6.45, 7) is 11.8. The molecule has 30 heavy (non-hydrogen) atoms. The maximum atomic E-state index is 12.4. The minimum atomic E-state index is -0.0522. The van der Waals surface area contributed by atoms with Gasteiger partial charge in [-0.25, -0.2) is 0 Å². The van der Waals surface area contributed by atoms with Gasteiger partial charge in [0.2, 0.25) is 11.8 Å². The van der Waals surface area contributed by atoms with Crippen LogP contribution in [0.4, 0.5) is 11.4 Å². The van der Waals surface area contributed by atoms with Crippen LogP contribution in [0, 0.1) is 0 Å². The Morgan fingerprint density at radius 1 is 0.733 bits per heavy atom. The average Bonchev–Trinajstić information content (AvgIpc) is 2.61. The Bertz CT molecular complexity index is 645. The van der Waals surface area contributed by atoms with E-state index in [0.29, 0.717) is 24.5 Å². The molecule has 2 aliphatic rings. The zero-order valence-electron chi connectivity index (χ0n) is 18.4. The standard InChI is InChI=1S/C22H34N4O4/c1-15-9-25(10-16(2)29-15)13-21(27)23-19-5-7-20(8-6-19)24-22(28)14-26-11-17(3)30-18(4)12-26/h5-8,15-18H,9-14H2,1-4H3,(H,23,27)(H,24,28). The highest BCUT2D eigenvalue weighted by atomic mass is 16.5. The SMILES string of the molecule is CC1CN(CC(=O)Nc2ccc(NC(=O)CN3CC(C)OC(C)C3)cc2)CC(C)O1. The van der Waals surface area contributed by atoms with Crippen LogP contribution < -0.4 is 10.6 Å². The Labute approximate surface area is 178 Å². The Morgan fingerprint density at radius 3 is 1.33 bits per heavy atom. The van der Waals surface area contributed by atoms with Crippen LogP contribution in [0.3, 0.4) is 0 Å². The van der Waals surface area contributed by atoms with Crippen molar-refractivity contribution in [2.45, 2.75) is 52.1 Å². The van der Waals surface area contributed by atoms with Crippen LogP contribution >= 0.6 is 0 Å². The Morgan fingerprint density at radius 2 is 1.03 bits per heavy atom. The van der Waals surface area contributed by atoms with E-state index in [1.165, 1.54) is 0 Å². The smallest absolute Gasteiger partial charge is 0.238 e. The zero-order valence-corrected chi connectivity index (χ0v) is 18.4. The van der Waals surface area contributed by atoms with Gasteiger partial charge in [0.05, 0.1) is 37.5 Å². The number of hydrogen-bond donors (Lipinski definition) is 2. The third kappa shape index (κ3) is 7.05. The number of rotatable bonds is 6. The molecular weight excluding hydrogens is 384 g/mol. The number of hydrogen-bond acceptors (Lipinski definition) is 6. The summed E-state index contributed by atoms with van der Waals surface area (Å²) in [5.74, 6) is -0.104. The van der Waals surface area contributed by atoms with Crippen LogP contribution in [0.25, 0.3) is 0 Å². The molecule has 3 rings (SSSR count). The van der Waals surface area contributed by atoms with E-state index >= 15 is 0 Å². The van der Waals surface area contributed by atoms with Gasteiger partial charge in [-0.2, -0.15) is 0 Å². The van der Waals surface area contributed by atoms with Gasteiger partial charge in [-0.1, -0.05) is 0 Å². The molecule has 0 spiro atoms. The summed E-state index contributed by atoms with van der Waals surface area (Å²) < 4.78 is 11.4. The normalized spacial score (nSPS) is 28.1. The molecule has 8 nitrogen and oxygen atoms in total. The molecule has 1 aromatic carbocycles. The summed E-state index contributed by atoms with van der Waals surface area (Å²) in [6, 6.07) is 7.21. The van der Waals surface area contributed by atoms with E-state index in [1.54, 1.807) is 24.3 Å². The van der Waals surface area contributed by atoms with E-state index in [-0.39, 0.29) is 36.2 Å². The third-order valence-electron chi connectivity index (χ3n) is 5.18. The van der Waals surface area contributed by atoms with Crippen molar-refractivity contribution in [3.05, 3.63) is 24.3 Å². The molecule has 0 bridgehead atoms. The number of anilines is 2.